The molecular formula is C9H14N2O. The van der Waals surface area contributed by atoms with E-state index in [1.807, 2.05) is 7.05 Å². The summed E-state index contributed by atoms with van der Waals surface area (Å²) in [5.41, 5.74) is 1.64. The molecule has 1 N–H and O–H groups in total. The maximum absolute atomic E-state index is 8.62. The Hall–Kier alpha value is -1.09. The van der Waals surface area contributed by atoms with Gasteiger partial charge in [0.1, 0.15) is 5.71 Å². The van der Waals surface area contributed by atoms with Crippen LogP contribution in [0, 0.1) is 0 Å². The summed E-state index contributed by atoms with van der Waals surface area (Å²) in [6.07, 6.45) is 4.68. The molecule has 0 radical (unpaired) electrons. The lowest BCUT2D eigenvalue weighted by Crippen LogP contribution is -2.28. The van der Waals surface area contributed by atoms with Crippen LogP contribution in [0.3, 0.4) is 0 Å². The predicted molar refractivity (Wildman–Crippen MR) is 49.6 cm³/mol. The molecule has 0 atom stereocenters. The van der Waals surface area contributed by atoms with Crippen molar-refractivity contribution < 1.29 is 5.21 Å². The second-order valence-electron chi connectivity index (χ2n) is 2.95. The summed E-state index contributed by atoms with van der Waals surface area (Å²) in [5, 5.41) is 11.8. The Labute approximate surface area is 72.7 Å². The Morgan fingerprint density at radius 1 is 1.83 bits per heavy atom. The molecule has 0 fully saturated rings. The highest BCUT2D eigenvalue weighted by Crippen LogP contribution is 2.09. The lowest BCUT2D eigenvalue weighted by atomic mass is 10.1. The third-order valence-electron chi connectivity index (χ3n) is 1.97. The lowest BCUT2D eigenvalue weighted by molar-refractivity contribution is 0.317. The molecular weight excluding hydrogens is 152 g/mol. The number of rotatable bonds is 2. The van der Waals surface area contributed by atoms with Gasteiger partial charge in [-0.05, 0) is 25.1 Å². The van der Waals surface area contributed by atoms with Gasteiger partial charge in [-0.15, -0.1) is 0 Å². The van der Waals surface area contributed by atoms with E-state index in [9.17, 15) is 0 Å². The van der Waals surface area contributed by atoms with Crippen molar-refractivity contribution in [2.24, 2.45) is 5.16 Å². The molecule has 0 bridgehead atoms. The molecule has 1 aliphatic rings. The maximum atomic E-state index is 8.62. The number of oxime groups is 1. The second-order valence-corrected chi connectivity index (χ2v) is 2.95. The molecule has 1 aliphatic heterocycles. The van der Waals surface area contributed by atoms with Crippen LogP contribution in [0.15, 0.2) is 29.5 Å². The van der Waals surface area contributed by atoms with Gasteiger partial charge >= 0.3 is 0 Å². The third kappa shape index (κ3) is 1.95. The van der Waals surface area contributed by atoms with E-state index in [1.54, 1.807) is 6.08 Å². The summed E-state index contributed by atoms with van der Waals surface area (Å²) in [6, 6.07) is 0. The molecule has 0 amide bonds. The molecule has 0 aliphatic carbocycles. The molecule has 0 aromatic carbocycles. The molecule has 3 nitrogen and oxygen atoms in total. The van der Waals surface area contributed by atoms with E-state index in [0.717, 1.165) is 25.1 Å². The van der Waals surface area contributed by atoms with Crippen LogP contribution >= 0.6 is 0 Å². The minimum atomic E-state index is 0.585. The quantitative estimate of drug-likeness (QED) is 0.381. The third-order valence-corrected chi connectivity index (χ3v) is 1.97. The van der Waals surface area contributed by atoms with Gasteiger partial charge in [-0.1, -0.05) is 17.8 Å². The van der Waals surface area contributed by atoms with E-state index >= 15 is 0 Å². The zero-order chi connectivity index (χ0) is 8.97. The standard InChI is InChI=1S/C9H14N2O/c1-3-9(10-12)8-5-4-6-11(2)7-8/h3,5,12H,1,4,6-7H2,2H3/b10-9+. The molecule has 0 aromatic rings. The first-order valence-electron chi connectivity index (χ1n) is 4.00. The summed E-state index contributed by atoms with van der Waals surface area (Å²) >= 11 is 0. The number of hydrogen-bond donors (Lipinski definition) is 1. The Balaban J connectivity index is 2.74. The normalized spacial score (nSPS) is 20.4. The Morgan fingerprint density at radius 3 is 3.08 bits per heavy atom. The number of allylic oxidation sites excluding steroid dienone is 1. The van der Waals surface area contributed by atoms with E-state index < -0.39 is 0 Å². The van der Waals surface area contributed by atoms with Crippen molar-refractivity contribution in [3.05, 3.63) is 24.3 Å². The van der Waals surface area contributed by atoms with Crippen LogP contribution in [0.5, 0.6) is 0 Å². The van der Waals surface area contributed by atoms with Crippen LogP contribution in [0.25, 0.3) is 0 Å². The smallest absolute Gasteiger partial charge is 0.106 e. The van der Waals surface area contributed by atoms with Crippen molar-refractivity contribution in [1.82, 2.24) is 4.90 Å². The van der Waals surface area contributed by atoms with Crippen LogP contribution in [-0.4, -0.2) is 36.0 Å². The first kappa shape index (κ1) is 9.00. The van der Waals surface area contributed by atoms with Crippen molar-refractivity contribution in [2.45, 2.75) is 6.42 Å². The van der Waals surface area contributed by atoms with Crippen molar-refractivity contribution >= 4 is 5.71 Å². The summed E-state index contributed by atoms with van der Waals surface area (Å²) in [4.78, 5) is 2.18. The number of nitrogens with zero attached hydrogens (tertiary/aromatic N) is 2. The Bertz CT molecular complexity index is 231. The summed E-state index contributed by atoms with van der Waals surface area (Å²) in [5.74, 6) is 0. The largest absolute Gasteiger partial charge is 0.410 e. The van der Waals surface area contributed by atoms with Crippen LogP contribution in [0.1, 0.15) is 6.42 Å². The van der Waals surface area contributed by atoms with Crippen LogP contribution in [-0.2, 0) is 0 Å². The van der Waals surface area contributed by atoms with Gasteiger partial charge in [0.15, 0.2) is 0 Å². The molecule has 1 heterocycles. The van der Waals surface area contributed by atoms with Gasteiger partial charge in [-0.3, -0.25) is 0 Å². The molecule has 3 heteroatoms. The van der Waals surface area contributed by atoms with Gasteiger partial charge in [-0.25, -0.2) is 0 Å². The second kappa shape index (κ2) is 4.07. The number of hydrogen-bond acceptors (Lipinski definition) is 3. The molecule has 66 valence electrons. The highest BCUT2D eigenvalue weighted by atomic mass is 16.4. The zero-order valence-corrected chi connectivity index (χ0v) is 7.32. The first-order chi connectivity index (χ1) is 5.77. The number of likely N-dealkylation sites (N-methyl/N-ethyl adjacent to an activating group) is 1. The Kier molecular flexibility index (Phi) is 3.05. The van der Waals surface area contributed by atoms with E-state index in [0.29, 0.717) is 5.71 Å². The van der Waals surface area contributed by atoms with Crippen LogP contribution in [0.2, 0.25) is 0 Å². The molecule has 12 heavy (non-hydrogen) atoms. The molecule has 0 aromatic heterocycles. The molecule has 0 unspecified atom stereocenters. The lowest BCUT2D eigenvalue weighted by Gasteiger charge is -2.22. The van der Waals surface area contributed by atoms with Crippen LogP contribution in [0.4, 0.5) is 0 Å². The van der Waals surface area contributed by atoms with Gasteiger partial charge in [0.2, 0.25) is 0 Å². The molecule has 0 saturated heterocycles. The average molecular weight is 166 g/mol. The monoisotopic (exact) mass is 166 g/mol. The predicted octanol–water partition coefficient (Wildman–Crippen LogP) is 1.26. The van der Waals surface area contributed by atoms with Gasteiger partial charge in [0, 0.05) is 13.1 Å². The van der Waals surface area contributed by atoms with Gasteiger partial charge in [-0.2, -0.15) is 0 Å². The van der Waals surface area contributed by atoms with E-state index in [-0.39, 0.29) is 0 Å². The highest BCUT2D eigenvalue weighted by molar-refractivity contribution is 6.08. The highest BCUT2D eigenvalue weighted by Gasteiger charge is 2.11. The first-order valence-corrected chi connectivity index (χ1v) is 4.00. The summed E-state index contributed by atoms with van der Waals surface area (Å²) in [7, 11) is 2.05. The van der Waals surface area contributed by atoms with Crippen molar-refractivity contribution in [3.8, 4) is 0 Å². The SMILES string of the molecule is C=C/C(=N\O)C1=CCCN(C)C1. The zero-order valence-electron chi connectivity index (χ0n) is 7.32. The fourth-order valence-corrected chi connectivity index (χ4v) is 1.32. The Morgan fingerprint density at radius 2 is 2.58 bits per heavy atom. The maximum Gasteiger partial charge on any atom is 0.106 e. The average Bonchev–Trinajstić information content (AvgIpc) is 2.07. The minimum Gasteiger partial charge on any atom is -0.410 e. The van der Waals surface area contributed by atoms with E-state index in [2.05, 4.69) is 22.7 Å². The van der Waals surface area contributed by atoms with Crippen molar-refractivity contribution in [1.29, 1.82) is 0 Å². The van der Waals surface area contributed by atoms with Crippen LogP contribution < -0.4 is 0 Å². The fraction of sp³-hybridized carbons (Fsp3) is 0.444. The van der Waals surface area contributed by atoms with Gasteiger partial charge in [0.05, 0.1) is 0 Å². The van der Waals surface area contributed by atoms with Crippen molar-refractivity contribution in [3.63, 3.8) is 0 Å². The summed E-state index contributed by atoms with van der Waals surface area (Å²) in [6.45, 7) is 5.49. The van der Waals surface area contributed by atoms with Gasteiger partial charge in [0.25, 0.3) is 0 Å². The molecule has 0 spiro atoms. The van der Waals surface area contributed by atoms with E-state index in [1.165, 1.54) is 0 Å². The molecule has 0 saturated carbocycles. The molecule has 1 rings (SSSR count). The summed E-state index contributed by atoms with van der Waals surface area (Å²) < 4.78 is 0. The van der Waals surface area contributed by atoms with E-state index in [4.69, 9.17) is 5.21 Å². The topological polar surface area (TPSA) is 35.8 Å². The fourth-order valence-electron chi connectivity index (χ4n) is 1.32. The van der Waals surface area contributed by atoms with Crippen molar-refractivity contribution in [2.75, 3.05) is 20.1 Å². The van der Waals surface area contributed by atoms with Gasteiger partial charge < -0.3 is 10.1 Å². The minimum absolute atomic E-state index is 0.585.